The molecule has 2 aliphatic heterocycles. The molecule has 1 atom stereocenters. The molecule has 4 heterocycles. The van der Waals surface area contributed by atoms with Gasteiger partial charge in [-0.05, 0) is 44.2 Å². The fourth-order valence-electron chi connectivity index (χ4n) is 4.04. The van der Waals surface area contributed by atoms with E-state index in [0.717, 1.165) is 37.1 Å². The van der Waals surface area contributed by atoms with Crippen molar-refractivity contribution in [1.82, 2.24) is 20.0 Å². The Kier molecular flexibility index (Phi) is 4.38. The SMILES string of the molecule is O=C(N1CCC(c2noc(-c3ccnc(C4CCOC4)c3)n2)CC1)C1(F)CC1. The summed E-state index contributed by atoms with van der Waals surface area (Å²) in [7, 11) is 0. The number of carbonyl (C=O) groups excluding carboxylic acids is 1. The van der Waals surface area contributed by atoms with E-state index in [1.165, 1.54) is 0 Å². The van der Waals surface area contributed by atoms with Crippen LogP contribution >= 0.6 is 0 Å². The summed E-state index contributed by atoms with van der Waals surface area (Å²) in [5.74, 6) is 1.23. The minimum atomic E-state index is -1.59. The van der Waals surface area contributed by atoms with Gasteiger partial charge in [0.15, 0.2) is 11.5 Å². The van der Waals surface area contributed by atoms with Gasteiger partial charge in [-0.2, -0.15) is 4.98 Å². The molecule has 1 unspecified atom stereocenters. The van der Waals surface area contributed by atoms with E-state index in [9.17, 15) is 9.18 Å². The highest BCUT2D eigenvalue weighted by atomic mass is 19.1. The number of pyridine rings is 1. The lowest BCUT2D eigenvalue weighted by Crippen LogP contribution is -2.43. The van der Waals surface area contributed by atoms with E-state index in [-0.39, 0.29) is 11.8 Å². The number of hydrogen-bond acceptors (Lipinski definition) is 6. The second-order valence-corrected chi connectivity index (χ2v) is 8.02. The van der Waals surface area contributed by atoms with Crippen molar-refractivity contribution in [2.75, 3.05) is 26.3 Å². The fraction of sp³-hybridized carbons (Fsp3) is 0.600. The van der Waals surface area contributed by atoms with Crippen molar-refractivity contribution >= 4 is 5.91 Å². The molecular formula is C20H23FN4O3. The van der Waals surface area contributed by atoms with Crippen LogP contribution in [0.15, 0.2) is 22.9 Å². The second kappa shape index (κ2) is 6.92. The van der Waals surface area contributed by atoms with Crippen molar-refractivity contribution in [3.63, 3.8) is 0 Å². The highest BCUT2D eigenvalue weighted by molar-refractivity contribution is 5.88. The van der Waals surface area contributed by atoms with E-state index in [0.29, 0.717) is 50.2 Å². The number of aromatic nitrogens is 3. The van der Waals surface area contributed by atoms with E-state index in [1.807, 2.05) is 12.1 Å². The van der Waals surface area contributed by atoms with Gasteiger partial charge in [0.1, 0.15) is 0 Å². The van der Waals surface area contributed by atoms with Gasteiger partial charge >= 0.3 is 0 Å². The molecule has 3 aliphatic rings. The molecule has 2 aromatic heterocycles. The van der Waals surface area contributed by atoms with E-state index in [4.69, 9.17) is 9.26 Å². The summed E-state index contributed by atoms with van der Waals surface area (Å²) in [5, 5.41) is 4.17. The Morgan fingerprint density at radius 1 is 1.21 bits per heavy atom. The number of likely N-dealkylation sites (tertiary alicyclic amines) is 1. The summed E-state index contributed by atoms with van der Waals surface area (Å²) < 4.78 is 24.9. The topological polar surface area (TPSA) is 81.4 Å². The Labute approximate surface area is 162 Å². The van der Waals surface area contributed by atoms with Gasteiger partial charge in [-0.25, -0.2) is 4.39 Å². The van der Waals surface area contributed by atoms with Crippen LogP contribution in [0.25, 0.3) is 11.5 Å². The van der Waals surface area contributed by atoms with E-state index in [1.54, 1.807) is 11.1 Å². The highest BCUT2D eigenvalue weighted by Gasteiger charge is 2.53. The first-order chi connectivity index (χ1) is 13.6. The van der Waals surface area contributed by atoms with Crippen molar-refractivity contribution in [2.24, 2.45) is 0 Å². The van der Waals surface area contributed by atoms with Crippen molar-refractivity contribution in [2.45, 2.75) is 49.6 Å². The predicted molar refractivity (Wildman–Crippen MR) is 97.3 cm³/mol. The van der Waals surface area contributed by atoms with Crippen molar-refractivity contribution in [3.8, 4) is 11.5 Å². The zero-order valence-corrected chi connectivity index (χ0v) is 15.6. The van der Waals surface area contributed by atoms with E-state index < -0.39 is 5.67 Å². The summed E-state index contributed by atoms with van der Waals surface area (Å²) in [6, 6.07) is 3.86. The smallest absolute Gasteiger partial charge is 0.260 e. The lowest BCUT2D eigenvalue weighted by molar-refractivity contribution is -0.139. The maximum atomic E-state index is 14.0. The average molecular weight is 386 g/mol. The van der Waals surface area contributed by atoms with Crippen LogP contribution in [-0.2, 0) is 9.53 Å². The molecule has 1 aliphatic carbocycles. The number of halogens is 1. The normalized spacial score (nSPS) is 24.5. The Hall–Kier alpha value is -2.35. The molecule has 8 heteroatoms. The maximum Gasteiger partial charge on any atom is 0.260 e. The Bertz CT molecular complexity index is 868. The highest BCUT2D eigenvalue weighted by Crippen LogP contribution is 2.42. The molecule has 0 radical (unpaired) electrons. The third kappa shape index (κ3) is 3.30. The summed E-state index contributed by atoms with van der Waals surface area (Å²) in [4.78, 5) is 22.8. The molecule has 148 valence electrons. The van der Waals surface area contributed by atoms with Gasteiger partial charge in [0.25, 0.3) is 11.8 Å². The molecular weight excluding hydrogens is 363 g/mol. The molecule has 1 saturated carbocycles. The first-order valence-electron chi connectivity index (χ1n) is 9.98. The fourth-order valence-corrected chi connectivity index (χ4v) is 4.04. The minimum Gasteiger partial charge on any atom is -0.381 e. The summed E-state index contributed by atoms with van der Waals surface area (Å²) in [6.45, 7) is 2.55. The summed E-state index contributed by atoms with van der Waals surface area (Å²) >= 11 is 0. The predicted octanol–water partition coefficient (Wildman–Crippen LogP) is 2.84. The van der Waals surface area contributed by atoms with Gasteiger partial charge < -0.3 is 14.2 Å². The zero-order valence-electron chi connectivity index (χ0n) is 15.6. The minimum absolute atomic E-state index is 0.126. The van der Waals surface area contributed by atoms with Crippen molar-refractivity contribution in [3.05, 3.63) is 29.8 Å². The number of alkyl halides is 1. The number of hydrogen-bond donors (Lipinski definition) is 0. The second-order valence-electron chi connectivity index (χ2n) is 8.02. The third-order valence-electron chi connectivity index (χ3n) is 6.04. The largest absolute Gasteiger partial charge is 0.381 e. The van der Waals surface area contributed by atoms with Gasteiger partial charge in [0.2, 0.25) is 0 Å². The van der Waals surface area contributed by atoms with Crippen molar-refractivity contribution < 1.29 is 18.4 Å². The lowest BCUT2D eigenvalue weighted by Gasteiger charge is -2.31. The zero-order chi connectivity index (χ0) is 19.1. The Morgan fingerprint density at radius 3 is 2.75 bits per heavy atom. The number of amides is 1. The summed E-state index contributed by atoms with van der Waals surface area (Å²) in [5.41, 5.74) is 0.258. The maximum absolute atomic E-state index is 14.0. The first-order valence-corrected chi connectivity index (χ1v) is 9.98. The monoisotopic (exact) mass is 386 g/mol. The van der Waals surface area contributed by atoms with Crippen LogP contribution in [0.2, 0.25) is 0 Å². The quantitative estimate of drug-likeness (QED) is 0.804. The molecule has 1 amide bonds. The van der Waals surface area contributed by atoms with Gasteiger partial charge in [0, 0.05) is 49.0 Å². The van der Waals surface area contributed by atoms with E-state index >= 15 is 0 Å². The van der Waals surface area contributed by atoms with Gasteiger partial charge in [-0.15, -0.1) is 0 Å². The molecule has 7 nitrogen and oxygen atoms in total. The molecule has 28 heavy (non-hydrogen) atoms. The molecule has 0 spiro atoms. The van der Waals surface area contributed by atoms with Gasteiger partial charge in [-0.3, -0.25) is 9.78 Å². The molecule has 0 N–H and O–H groups in total. The van der Waals surface area contributed by atoms with E-state index in [2.05, 4.69) is 15.1 Å². The number of piperidine rings is 1. The number of ether oxygens (including phenoxy) is 1. The van der Waals surface area contributed by atoms with Crippen LogP contribution in [0.4, 0.5) is 4.39 Å². The van der Waals surface area contributed by atoms with Crippen molar-refractivity contribution in [1.29, 1.82) is 0 Å². The summed E-state index contributed by atoms with van der Waals surface area (Å²) in [6.07, 6.45) is 4.91. The van der Waals surface area contributed by atoms with Crippen LogP contribution in [0, 0.1) is 0 Å². The van der Waals surface area contributed by atoms with Crippen LogP contribution < -0.4 is 0 Å². The van der Waals surface area contributed by atoms with Gasteiger partial charge in [-0.1, -0.05) is 5.16 Å². The molecule has 0 aromatic carbocycles. The van der Waals surface area contributed by atoms with Crippen LogP contribution in [0.3, 0.4) is 0 Å². The number of nitrogens with zero attached hydrogens (tertiary/aromatic N) is 4. The molecule has 5 rings (SSSR count). The first kappa shape index (κ1) is 17.7. The molecule has 2 saturated heterocycles. The third-order valence-corrected chi connectivity index (χ3v) is 6.04. The standard InChI is InChI=1S/C20H23FN4O3/c21-20(5-6-20)19(26)25-8-2-13(3-9-25)17-23-18(28-24-17)14-1-7-22-16(11-14)15-4-10-27-12-15/h1,7,11,13,15H,2-6,8-10,12H2. The Balaban J connectivity index is 1.25. The Morgan fingerprint density at radius 2 is 2.04 bits per heavy atom. The van der Waals surface area contributed by atoms with Crippen LogP contribution in [-0.4, -0.2) is 57.9 Å². The number of carbonyl (C=O) groups is 1. The molecule has 3 fully saturated rings. The molecule has 0 bridgehead atoms. The van der Waals surface area contributed by atoms with Crippen LogP contribution in [0.1, 0.15) is 55.5 Å². The van der Waals surface area contributed by atoms with Crippen LogP contribution in [0.5, 0.6) is 0 Å². The lowest BCUT2D eigenvalue weighted by atomic mass is 9.95. The molecule has 2 aromatic rings. The average Bonchev–Trinajstić information content (AvgIpc) is 3.17. The number of rotatable bonds is 4. The van der Waals surface area contributed by atoms with Gasteiger partial charge in [0.05, 0.1) is 6.61 Å².